The maximum Gasteiger partial charge on any atom is 0.325 e. The Bertz CT molecular complexity index is 1400. The van der Waals surface area contributed by atoms with Gasteiger partial charge in [-0.2, -0.15) is 9.30 Å². The number of carbonyl (C=O) groups is 2. The van der Waals surface area contributed by atoms with E-state index in [0.717, 1.165) is 34.2 Å². The molecule has 0 radical (unpaired) electrons. The number of hydrogen-bond acceptors (Lipinski definition) is 6. The molecule has 1 aromatic heterocycles. The molecule has 3 aromatic rings. The van der Waals surface area contributed by atoms with E-state index in [1.807, 2.05) is 26.0 Å². The van der Waals surface area contributed by atoms with Crippen LogP contribution in [0.5, 0.6) is 0 Å². The van der Waals surface area contributed by atoms with Crippen LogP contribution < -0.4 is 4.80 Å². The van der Waals surface area contributed by atoms with Gasteiger partial charge in [0.05, 0.1) is 22.2 Å². The van der Waals surface area contributed by atoms with Crippen LogP contribution in [0.1, 0.15) is 34.3 Å². The number of carbonyl (C=O) groups excluding carboxylic acids is 2. The summed E-state index contributed by atoms with van der Waals surface area (Å²) < 4.78 is 34.3. The Morgan fingerprint density at radius 2 is 1.70 bits per heavy atom. The number of amides is 1. The lowest BCUT2D eigenvalue weighted by molar-refractivity contribution is -0.141. The molecule has 33 heavy (non-hydrogen) atoms. The molecular weight excluding hydrogens is 462 g/mol. The Morgan fingerprint density at radius 3 is 2.33 bits per heavy atom. The van der Waals surface area contributed by atoms with E-state index >= 15 is 0 Å². The van der Waals surface area contributed by atoms with E-state index in [9.17, 15) is 18.0 Å². The zero-order valence-corrected chi connectivity index (χ0v) is 20.3. The standard InChI is InChI=1S/C23H25N3O5S2/c1-15-12-19-20(13-16(15)2)32-23(26(19)14-21(27)31-3)24-22(28)17-6-8-18(9-7-17)33(29,30)25-10-4-5-11-25/h6-9,12-13H,4-5,10-11,14H2,1-3H3. The number of ether oxygens (including phenoxy) is 1. The van der Waals surface area contributed by atoms with E-state index < -0.39 is 21.9 Å². The summed E-state index contributed by atoms with van der Waals surface area (Å²) >= 11 is 1.31. The van der Waals surface area contributed by atoms with Gasteiger partial charge in [0, 0.05) is 18.7 Å². The maximum atomic E-state index is 12.9. The number of methoxy groups -OCH3 is 1. The molecule has 0 unspecified atom stereocenters. The summed E-state index contributed by atoms with van der Waals surface area (Å²) in [6, 6.07) is 9.80. The molecule has 10 heteroatoms. The minimum Gasteiger partial charge on any atom is -0.468 e. The number of hydrogen-bond donors (Lipinski definition) is 0. The van der Waals surface area contributed by atoms with Gasteiger partial charge in [-0.1, -0.05) is 11.3 Å². The third-order valence-corrected chi connectivity index (χ3v) is 8.77. The van der Waals surface area contributed by atoms with Crippen LogP contribution >= 0.6 is 11.3 Å². The highest BCUT2D eigenvalue weighted by Crippen LogP contribution is 2.23. The predicted octanol–water partition coefficient (Wildman–Crippen LogP) is 3.02. The molecule has 174 valence electrons. The van der Waals surface area contributed by atoms with Crippen LogP contribution in [0.4, 0.5) is 0 Å². The number of aromatic nitrogens is 1. The van der Waals surface area contributed by atoms with E-state index in [1.165, 1.54) is 47.0 Å². The Balaban J connectivity index is 1.71. The average molecular weight is 488 g/mol. The molecule has 0 aliphatic carbocycles. The molecule has 4 rings (SSSR count). The minimum atomic E-state index is -3.55. The Hall–Kier alpha value is -2.82. The molecular formula is C23H25N3O5S2. The van der Waals surface area contributed by atoms with Crippen LogP contribution in [0, 0.1) is 13.8 Å². The molecule has 2 heterocycles. The van der Waals surface area contributed by atoms with Crippen molar-refractivity contribution in [2.24, 2.45) is 4.99 Å². The summed E-state index contributed by atoms with van der Waals surface area (Å²) in [5, 5.41) is 0. The molecule has 1 aliphatic heterocycles. The highest BCUT2D eigenvalue weighted by atomic mass is 32.2. The highest BCUT2D eigenvalue weighted by Gasteiger charge is 2.27. The monoisotopic (exact) mass is 487 g/mol. The lowest BCUT2D eigenvalue weighted by Gasteiger charge is -2.15. The van der Waals surface area contributed by atoms with Crippen molar-refractivity contribution in [1.29, 1.82) is 0 Å². The molecule has 1 fully saturated rings. The molecule has 0 saturated carbocycles. The predicted molar refractivity (Wildman–Crippen MR) is 126 cm³/mol. The lowest BCUT2D eigenvalue weighted by atomic mass is 10.1. The van der Waals surface area contributed by atoms with Gasteiger partial charge in [-0.3, -0.25) is 9.59 Å². The largest absolute Gasteiger partial charge is 0.468 e. The van der Waals surface area contributed by atoms with Gasteiger partial charge in [-0.05, 0) is 74.2 Å². The van der Waals surface area contributed by atoms with Gasteiger partial charge in [0.2, 0.25) is 10.0 Å². The first-order valence-corrected chi connectivity index (χ1v) is 12.8. The van der Waals surface area contributed by atoms with Gasteiger partial charge in [-0.25, -0.2) is 8.42 Å². The number of aryl methyl sites for hydroxylation is 2. The van der Waals surface area contributed by atoms with Crippen molar-refractivity contribution in [3.63, 3.8) is 0 Å². The van der Waals surface area contributed by atoms with Crippen molar-refractivity contribution in [3.8, 4) is 0 Å². The second-order valence-corrected chi connectivity index (χ2v) is 11.0. The summed E-state index contributed by atoms with van der Waals surface area (Å²) in [6.07, 6.45) is 1.71. The molecule has 0 N–H and O–H groups in total. The summed E-state index contributed by atoms with van der Waals surface area (Å²) in [5.41, 5.74) is 3.23. The van der Waals surface area contributed by atoms with Crippen molar-refractivity contribution in [2.75, 3.05) is 20.2 Å². The number of nitrogens with zero attached hydrogens (tertiary/aromatic N) is 3. The first-order valence-electron chi connectivity index (χ1n) is 10.6. The first-order chi connectivity index (χ1) is 15.7. The third kappa shape index (κ3) is 4.64. The molecule has 1 aliphatic rings. The van der Waals surface area contributed by atoms with Crippen LogP contribution in [-0.4, -0.2) is 49.4 Å². The summed E-state index contributed by atoms with van der Waals surface area (Å²) in [5.74, 6) is -0.961. The number of esters is 1. The summed E-state index contributed by atoms with van der Waals surface area (Å²) in [7, 11) is -2.24. The zero-order chi connectivity index (χ0) is 23.8. The van der Waals surface area contributed by atoms with Gasteiger partial charge in [-0.15, -0.1) is 0 Å². The van der Waals surface area contributed by atoms with Crippen molar-refractivity contribution in [3.05, 3.63) is 57.9 Å². The van der Waals surface area contributed by atoms with E-state index in [-0.39, 0.29) is 17.0 Å². The van der Waals surface area contributed by atoms with Gasteiger partial charge in [0.25, 0.3) is 5.91 Å². The molecule has 1 saturated heterocycles. The van der Waals surface area contributed by atoms with Crippen LogP contribution in [-0.2, 0) is 26.1 Å². The number of fused-ring (bicyclic) bond motifs is 1. The average Bonchev–Trinajstić information content (AvgIpc) is 3.44. The first kappa shape index (κ1) is 23.3. The van der Waals surface area contributed by atoms with Crippen LogP contribution in [0.25, 0.3) is 10.2 Å². The topological polar surface area (TPSA) is 98.0 Å². The number of benzene rings is 2. The normalized spacial score (nSPS) is 15.3. The lowest BCUT2D eigenvalue weighted by Crippen LogP contribution is -2.27. The molecule has 8 nitrogen and oxygen atoms in total. The minimum absolute atomic E-state index is 0.0713. The second kappa shape index (κ2) is 9.20. The van der Waals surface area contributed by atoms with Crippen molar-refractivity contribution >= 4 is 43.5 Å². The van der Waals surface area contributed by atoms with E-state index in [2.05, 4.69) is 4.99 Å². The quantitative estimate of drug-likeness (QED) is 0.515. The Labute approximate surface area is 196 Å². The third-order valence-electron chi connectivity index (χ3n) is 5.81. The van der Waals surface area contributed by atoms with Crippen LogP contribution in [0.2, 0.25) is 0 Å². The molecule has 1 amide bonds. The van der Waals surface area contributed by atoms with Crippen molar-refractivity contribution < 1.29 is 22.7 Å². The maximum absolute atomic E-state index is 12.9. The van der Waals surface area contributed by atoms with Gasteiger partial charge in [0.1, 0.15) is 6.54 Å². The smallest absolute Gasteiger partial charge is 0.325 e. The summed E-state index contributed by atoms with van der Waals surface area (Å²) in [6.45, 7) is 4.94. The number of thiazole rings is 1. The fourth-order valence-corrected chi connectivity index (χ4v) is 6.38. The summed E-state index contributed by atoms with van der Waals surface area (Å²) in [4.78, 5) is 29.7. The number of sulfonamides is 1. The van der Waals surface area contributed by atoms with E-state index in [1.54, 1.807) is 4.57 Å². The zero-order valence-electron chi connectivity index (χ0n) is 18.7. The van der Waals surface area contributed by atoms with Crippen LogP contribution in [0.15, 0.2) is 46.3 Å². The second-order valence-electron chi connectivity index (χ2n) is 8.00. The van der Waals surface area contributed by atoms with Crippen molar-refractivity contribution in [2.45, 2.75) is 38.1 Å². The van der Waals surface area contributed by atoms with E-state index in [0.29, 0.717) is 17.9 Å². The molecule has 0 spiro atoms. The van der Waals surface area contributed by atoms with Gasteiger partial charge >= 0.3 is 5.97 Å². The Morgan fingerprint density at radius 1 is 1.06 bits per heavy atom. The number of rotatable bonds is 5. The molecule has 0 bridgehead atoms. The Kier molecular flexibility index (Phi) is 6.51. The molecule has 2 aromatic carbocycles. The van der Waals surface area contributed by atoms with Gasteiger partial charge in [0.15, 0.2) is 4.80 Å². The van der Waals surface area contributed by atoms with Gasteiger partial charge < -0.3 is 9.30 Å². The molecule has 0 atom stereocenters. The SMILES string of the molecule is COC(=O)Cn1c(=NC(=O)c2ccc(S(=O)(=O)N3CCCC3)cc2)sc2cc(C)c(C)cc21. The van der Waals surface area contributed by atoms with Crippen LogP contribution in [0.3, 0.4) is 0 Å². The fraction of sp³-hybridized carbons (Fsp3) is 0.348. The fourth-order valence-electron chi connectivity index (χ4n) is 3.75. The highest BCUT2D eigenvalue weighted by molar-refractivity contribution is 7.89. The van der Waals surface area contributed by atoms with Crippen molar-refractivity contribution in [1.82, 2.24) is 8.87 Å². The van der Waals surface area contributed by atoms with E-state index in [4.69, 9.17) is 4.74 Å².